The summed E-state index contributed by atoms with van der Waals surface area (Å²) in [7, 11) is 0. The molecular weight excluding hydrogens is 289 g/mol. The van der Waals surface area contributed by atoms with Gasteiger partial charge in [0.2, 0.25) is 0 Å². The van der Waals surface area contributed by atoms with Crippen LogP contribution >= 0.6 is 11.6 Å². The normalized spacial score (nSPS) is 14.0. The first-order valence-electron chi connectivity index (χ1n) is 7.20. The van der Waals surface area contributed by atoms with E-state index >= 15 is 0 Å². The van der Waals surface area contributed by atoms with Crippen LogP contribution in [0.1, 0.15) is 35.3 Å². The lowest BCUT2D eigenvalue weighted by Gasteiger charge is -2.19. The third kappa shape index (κ3) is 2.92. The lowest BCUT2D eigenvalue weighted by Crippen LogP contribution is -2.27. The minimum atomic E-state index is -0.306. The number of nitrogens with one attached hydrogen (secondary N) is 1. The molecule has 1 aromatic heterocycles. The van der Waals surface area contributed by atoms with Crippen LogP contribution in [0.25, 0.3) is 0 Å². The van der Waals surface area contributed by atoms with E-state index in [1.807, 2.05) is 0 Å². The van der Waals surface area contributed by atoms with Gasteiger partial charge in [-0.15, -0.1) is 0 Å². The quantitative estimate of drug-likeness (QED) is 0.947. The van der Waals surface area contributed by atoms with E-state index in [0.717, 1.165) is 37.3 Å². The van der Waals surface area contributed by atoms with E-state index in [4.69, 9.17) is 11.6 Å². The van der Waals surface area contributed by atoms with Gasteiger partial charge in [0.15, 0.2) is 0 Å². The summed E-state index contributed by atoms with van der Waals surface area (Å²) in [6, 6.07) is 4.72. The van der Waals surface area contributed by atoms with Crippen LogP contribution in [-0.4, -0.2) is 16.5 Å². The van der Waals surface area contributed by atoms with Crippen molar-refractivity contribution in [1.29, 1.82) is 0 Å². The van der Waals surface area contributed by atoms with E-state index in [1.54, 1.807) is 12.1 Å². The molecule has 1 aliphatic heterocycles. The highest BCUT2D eigenvalue weighted by molar-refractivity contribution is 6.31. The van der Waals surface area contributed by atoms with E-state index in [1.165, 1.54) is 11.6 Å². The Morgan fingerprint density at radius 2 is 2.19 bits per heavy atom. The number of hydrogen-bond acceptors (Lipinski definition) is 3. The average Bonchev–Trinajstić information content (AvgIpc) is 2.50. The second-order valence-corrected chi connectivity index (χ2v) is 5.58. The zero-order chi connectivity index (χ0) is 14.8. The van der Waals surface area contributed by atoms with Crippen molar-refractivity contribution in [3.8, 4) is 0 Å². The number of fused-ring (bicyclic) bond motifs is 1. The van der Waals surface area contributed by atoms with Crippen LogP contribution in [0.15, 0.2) is 18.2 Å². The van der Waals surface area contributed by atoms with Gasteiger partial charge in [0, 0.05) is 29.2 Å². The molecule has 0 radical (unpaired) electrons. The van der Waals surface area contributed by atoms with Gasteiger partial charge >= 0.3 is 0 Å². The van der Waals surface area contributed by atoms with Gasteiger partial charge in [-0.05, 0) is 37.1 Å². The molecule has 1 aliphatic rings. The van der Waals surface area contributed by atoms with Gasteiger partial charge in [-0.2, -0.15) is 0 Å². The molecule has 1 aromatic carbocycles. The molecule has 3 rings (SSSR count). The Morgan fingerprint density at radius 3 is 2.95 bits per heavy atom. The lowest BCUT2D eigenvalue weighted by atomic mass is 10.0. The summed E-state index contributed by atoms with van der Waals surface area (Å²) < 4.78 is 13.9. The number of aryl methyl sites for hydroxylation is 1. The van der Waals surface area contributed by atoms with Gasteiger partial charge in [0.25, 0.3) is 0 Å². The van der Waals surface area contributed by atoms with Gasteiger partial charge in [-0.3, -0.25) is 0 Å². The fourth-order valence-electron chi connectivity index (χ4n) is 2.72. The minimum Gasteiger partial charge on any atom is -0.311 e. The maximum absolute atomic E-state index is 13.9. The van der Waals surface area contributed by atoms with Crippen molar-refractivity contribution in [2.24, 2.45) is 0 Å². The molecule has 21 heavy (non-hydrogen) atoms. The van der Waals surface area contributed by atoms with Gasteiger partial charge in [0.05, 0.1) is 5.69 Å². The second kappa shape index (κ2) is 6.08. The number of halogens is 2. The van der Waals surface area contributed by atoms with Crippen LogP contribution in [0.3, 0.4) is 0 Å². The van der Waals surface area contributed by atoms with E-state index in [0.29, 0.717) is 22.8 Å². The van der Waals surface area contributed by atoms with Crippen molar-refractivity contribution in [1.82, 2.24) is 15.3 Å². The molecule has 0 spiro atoms. The summed E-state index contributed by atoms with van der Waals surface area (Å²) in [6.07, 6.45) is 2.15. The van der Waals surface area contributed by atoms with Crippen molar-refractivity contribution >= 4 is 11.6 Å². The number of aromatic nitrogens is 2. The molecule has 0 aliphatic carbocycles. The summed E-state index contributed by atoms with van der Waals surface area (Å²) in [5.41, 5.74) is 3.82. The lowest BCUT2D eigenvalue weighted by molar-refractivity contribution is 0.600. The highest BCUT2D eigenvalue weighted by Crippen LogP contribution is 2.23. The molecule has 0 atom stereocenters. The molecule has 0 saturated heterocycles. The summed E-state index contributed by atoms with van der Waals surface area (Å²) in [5.74, 6) is 0.335. The van der Waals surface area contributed by atoms with Crippen molar-refractivity contribution in [2.45, 2.75) is 32.7 Å². The Hall–Kier alpha value is -1.52. The zero-order valence-corrected chi connectivity index (χ0v) is 12.7. The fourth-order valence-corrected chi connectivity index (χ4v) is 2.95. The molecule has 5 heteroatoms. The minimum absolute atomic E-state index is 0.306. The fraction of sp³-hybridized carbons (Fsp3) is 0.375. The summed E-state index contributed by atoms with van der Waals surface area (Å²) >= 11 is 6.09. The number of rotatable bonds is 3. The molecular formula is C16H17ClFN3. The zero-order valence-electron chi connectivity index (χ0n) is 11.9. The average molecular weight is 306 g/mol. The van der Waals surface area contributed by atoms with Gasteiger partial charge in [0.1, 0.15) is 11.6 Å². The molecule has 3 nitrogen and oxygen atoms in total. The van der Waals surface area contributed by atoms with Crippen LogP contribution in [0, 0.1) is 5.82 Å². The summed E-state index contributed by atoms with van der Waals surface area (Å²) in [6.45, 7) is 3.80. The highest BCUT2D eigenvalue weighted by atomic mass is 35.5. The smallest absolute Gasteiger partial charge is 0.133 e. The van der Waals surface area contributed by atoms with Crippen LogP contribution in [0.5, 0.6) is 0 Å². The van der Waals surface area contributed by atoms with E-state index in [9.17, 15) is 4.39 Å². The highest BCUT2D eigenvalue weighted by Gasteiger charge is 2.18. The molecule has 0 saturated carbocycles. The molecule has 2 heterocycles. The van der Waals surface area contributed by atoms with Crippen LogP contribution in [0.2, 0.25) is 5.02 Å². The van der Waals surface area contributed by atoms with Crippen LogP contribution in [0.4, 0.5) is 4.39 Å². The largest absolute Gasteiger partial charge is 0.311 e. The van der Waals surface area contributed by atoms with Gasteiger partial charge in [-0.25, -0.2) is 14.4 Å². The van der Waals surface area contributed by atoms with Crippen molar-refractivity contribution in [2.75, 3.05) is 6.54 Å². The molecule has 0 amide bonds. The summed E-state index contributed by atoms with van der Waals surface area (Å²) in [5, 5.41) is 3.74. The molecule has 0 fully saturated rings. The predicted octanol–water partition coefficient (Wildman–Crippen LogP) is 3.07. The van der Waals surface area contributed by atoms with E-state index in [-0.39, 0.29) is 5.82 Å². The Morgan fingerprint density at radius 1 is 1.33 bits per heavy atom. The molecule has 110 valence electrons. The predicted molar refractivity (Wildman–Crippen MR) is 81.0 cm³/mol. The third-order valence-corrected chi connectivity index (χ3v) is 4.15. The second-order valence-electron chi connectivity index (χ2n) is 5.17. The van der Waals surface area contributed by atoms with Gasteiger partial charge < -0.3 is 5.32 Å². The first kappa shape index (κ1) is 14.4. The maximum atomic E-state index is 13.9. The SMILES string of the molecule is CCc1nc(Cc2c(F)cccc2Cl)nc2c1CCNC2. The summed E-state index contributed by atoms with van der Waals surface area (Å²) in [4.78, 5) is 9.22. The van der Waals surface area contributed by atoms with Crippen molar-refractivity contribution < 1.29 is 4.39 Å². The number of benzene rings is 1. The molecule has 0 bridgehead atoms. The maximum Gasteiger partial charge on any atom is 0.133 e. The number of hydrogen-bond donors (Lipinski definition) is 1. The Balaban J connectivity index is 1.99. The standard InChI is InChI=1S/C16H17ClFN3/c1-2-14-10-6-7-19-9-15(10)21-16(20-14)8-11-12(17)4-3-5-13(11)18/h3-5,19H,2,6-9H2,1H3. The van der Waals surface area contributed by atoms with E-state index in [2.05, 4.69) is 22.2 Å². The third-order valence-electron chi connectivity index (χ3n) is 3.80. The first-order valence-corrected chi connectivity index (χ1v) is 7.58. The van der Waals surface area contributed by atoms with Gasteiger partial charge in [-0.1, -0.05) is 24.6 Å². The molecule has 1 N–H and O–H groups in total. The Kier molecular flexibility index (Phi) is 4.17. The molecule has 0 unspecified atom stereocenters. The Labute approximate surface area is 128 Å². The van der Waals surface area contributed by atoms with Crippen LogP contribution in [-0.2, 0) is 25.8 Å². The number of nitrogens with zero attached hydrogens (tertiary/aromatic N) is 2. The topological polar surface area (TPSA) is 37.8 Å². The monoisotopic (exact) mass is 305 g/mol. The first-order chi connectivity index (χ1) is 10.2. The van der Waals surface area contributed by atoms with Crippen molar-refractivity contribution in [3.63, 3.8) is 0 Å². The van der Waals surface area contributed by atoms with Crippen molar-refractivity contribution in [3.05, 3.63) is 57.4 Å². The molecule has 2 aromatic rings. The Bertz CT molecular complexity index is 635. The van der Waals surface area contributed by atoms with E-state index < -0.39 is 0 Å². The van der Waals surface area contributed by atoms with Crippen LogP contribution < -0.4 is 5.32 Å².